The van der Waals surface area contributed by atoms with Crippen LogP contribution in [0, 0.1) is 5.82 Å². The Kier molecular flexibility index (Phi) is 4.82. The molecule has 4 nitrogen and oxygen atoms in total. The summed E-state index contributed by atoms with van der Waals surface area (Å²) in [7, 11) is 1.62. The van der Waals surface area contributed by atoms with E-state index >= 15 is 0 Å². The maximum absolute atomic E-state index is 13.0. The minimum Gasteiger partial charge on any atom is -0.452 e. The molecule has 3 aromatic rings. The highest BCUT2D eigenvalue weighted by molar-refractivity contribution is 6.07. The standard InChI is InChI=1S/C23H20FNO3/c1-25(13-15-5-10-18(24)11-6-15)21(26)14-28-23(27)20-12-9-17-8-7-16-3-2-4-19(20)22(16)17/h2-6,9-12H,7-8,13-14H2,1H3. The van der Waals surface area contributed by atoms with Crippen LogP contribution in [0.25, 0.3) is 10.8 Å². The van der Waals surface area contributed by atoms with Crippen LogP contribution < -0.4 is 0 Å². The van der Waals surface area contributed by atoms with Crippen LogP contribution in [0.2, 0.25) is 0 Å². The molecular formula is C23H20FNO3. The Hall–Kier alpha value is -3.21. The molecule has 0 aromatic heterocycles. The van der Waals surface area contributed by atoms with Gasteiger partial charge in [-0.2, -0.15) is 0 Å². The summed E-state index contributed by atoms with van der Waals surface area (Å²) in [5.74, 6) is -1.14. The van der Waals surface area contributed by atoms with Gasteiger partial charge in [-0.1, -0.05) is 36.4 Å². The topological polar surface area (TPSA) is 46.6 Å². The second-order valence-electron chi connectivity index (χ2n) is 7.06. The Bertz CT molecular complexity index is 1050. The van der Waals surface area contributed by atoms with Crippen molar-refractivity contribution in [3.63, 3.8) is 0 Å². The van der Waals surface area contributed by atoms with Gasteiger partial charge < -0.3 is 9.64 Å². The Morgan fingerprint density at radius 1 is 1.00 bits per heavy atom. The summed E-state index contributed by atoms with van der Waals surface area (Å²) in [6.07, 6.45) is 1.97. The van der Waals surface area contributed by atoms with Gasteiger partial charge in [-0.3, -0.25) is 4.79 Å². The maximum Gasteiger partial charge on any atom is 0.339 e. The molecule has 0 unspecified atom stereocenters. The molecule has 0 bridgehead atoms. The van der Waals surface area contributed by atoms with Crippen molar-refractivity contribution in [3.05, 3.63) is 82.7 Å². The van der Waals surface area contributed by atoms with Crippen LogP contribution >= 0.6 is 0 Å². The molecule has 0 N–H and O–H groups in total. The van der Waals surface area contributed by atoms with Crippen LogP contribution in [-0.2, 0) is 28.9 Å². The van der Waals surface area contributed by atoms with Crippen LogP contribution in [0.3, 0.4) is 0 Å². The van der Waals surface area contributed by atoms with E-state index < -0.39 is 5.97 Å². The third-order valence-corrected chi connectivity index (χ3v) is 5.18. The van der Waals surface area contributed by atoms with Crippen molar-refractivity contribution in [2.45, 2.75) is 19.4 Å². The molecule has 0 radical (unpaired) electrons. The predicted molar refractivity (Wildman–Crippen MR) is 105 cm³/mol. The lowest BCUT2D eigenvalue weighted by Crippen LogP contribution is -2.30. The molecule has 3 aromatic carbocycles. The van der Waals surface area contributed by atoms with Gasteiger partial charge in [0.05, 0.1) is 5.56 Å². The van der Waals surface area contributed by atoms with Gasteiger partial charge in [0.15, 0.2) is 6.61 Å². The minimum atomic E-state index is -0.501. The van der Waals surface area contributed by atoms with E-state index in [0.29, 0.717) is 12.1 Å². The van der Waals surface area contributed by atoms with E-state index in [-0.39, 0.29) is 18.3 Å². The summed E-state index contributed by atoms with van der Waals surface area (Å²) in [4.78, 5) is 26.3. The zero-order valence-corrected chi connectivity index (χ0v) is 15.6. The molecule has 28 heavy (non-hydrogen) atoms. The number of rotatable bonds is 5. The number of benzene rings is 3. The Morgan fingerprint density at radius 3 is 2.46 bits per heavy atom. The molecule has 0 heterocycles. The summed E-state index contributed by atoms with van der Waals surface area (Å²) in [6, 6.07) is 15.7. The highest BCUT2D eigenvalue weighted by Crippen LogP contribution is 2.33. The fraction of sp³-hybridized carbons (Fsp3) is 0.217. The second kappa shape index (κ2) is 7.43. The zero-order valence-electron chi connectivity index (χ0n) is 15.6. The van der Waals surface area contributed by atoms with Crippen LogP contribution in [0.4, 0.5) is 4.39 Å². The molecule has 5 heteroatoms. The predicted octanol–water partition coefficient (Wildman–Crippen LogP) is 3.89. The summed E-state index contributed by atoms with van der Waals surface area (Å²) in [5.41, 5.74) is 3.78. The number of esters is 1. The first-order valence-electron chi connectivity index (χ1n) is 9.22. The van der Waals surface area contributed by atoms with Gasteiger partial charge in [0.25, 0.3) is 5.91 Å². The number of likely N-dealkylation sites (N-methyl/N-ethyl adjacent to an activating group) is 1. The largest absolute Gasteiger partial charge is 0.452 e. The molecule has 0 saturated carbocycles. The van der Waals surface area contributed by atoms with E-state index in [1.165, 1.54) is 28.2 Å². The summed E-state index contributed by atoms with van der Waals surface area (Å²) < 4.78 is 18.3. The lowest BCUT2D eigenvalue weighted by molar-refractivity contribution is -0.133. The van der Waals surface area contributed by atoms with Crippen molar-refractivity contribution < 1.29 is 18.7 Å². The Labute approximate surface area is 162 Å². The van der Waals surface area contributed by atoms with Gasteiger partial charge in [-0.05, 0) is 58.5 Å². The number of carbonyl (C=O) groups is 2. The van der Waals surface area contributed by atoms with Crippen molar-refractivity contribution in [3.8, 4) is 0 Å². The molecule has 0 saturated heterocycles. The van der Waals surface area contributed by atoms with E-state index in [2.05, 4.69) is 6.07 Å². The first-order chi connectivity index (χ1) is 13.5. The van der Waals surface area contributed by atoms with Crippen LogP contribution in [0.15, 0.2) is 54.6 Å². The van der Waals surface area contributed by atoms with Crippen molar-refractivity contribution >= 4 is 22.6 Å². The molecule has 0 spiro atoms. The van der Waals surface area contributed by atoms with Gasteiger partial charge >= 0.3 is 5.97 Å². The van der Waals surface area contributed by atoms with E-state index in [0.717, 1.165) is 29.2 Å². The Balaban J connectivity index is 1.42. The quantitative estimate of drug-likeness (QED) is 0.634. The SMILES string of the molecule is CN(Cc1ccc(F)cc1)C(=O)COC(=O)c1ccc2c3c(cccc13)CC2. The molecule has 0 fully saturated rings. The van der Waals surface area contributed by atoms with Crippen LogP contribution in [0.5, 0.6) is 0 Å². The molecular weight excluding hydrogens is 357 g/mol. The third kappa shape index (κ3) is 3.48. The number of aryl methyl sites for hydroxylation is 2. The lowest BCUT2D eigenvalue weighted by atomic mass is 10.00. The van der Waals surface area contributed by atoms with Gasteiger partial charge in [0.1, 0.15) is 5.82 Å². The number of hydrogen-bond donors (Lipinski definition) is 0. The van der Waals surface area contributed by atoms with E-state index in [1.807, 2.05) is 18.2 Å². The molecule has 1 aliphatic rings. The third-order valence-electron chi connectivity index (χ3n) is 5.18. The summed E-state index contributed by atoms with van der Waals surface area (Å²) >= 11 is 0. The monoisotopic (exact) mass is 377 g/mol. The summed E-state index contributed by atoms with van der Waals surface area (Å²) in [6.45, 7) is -0.0168. The molecule has 1 aliphatic carbocycles. The van der Waals surface area contributed by atoms with Gasteiger partial charge in [-0.25, -0.2) is 9.18 Å². The normalized spacial score (nSPS) is 12.2. The first-order valence-corrected chi connectivity index (χ1v) is 9.22. The first kappa shape index (κ1) is 18.2. The van der Waals surface area contributed by atoms with Crippen LogP contribution in [-0.4, -0.2) is 30.4 Å². The van der Waals surface area contributed by atoms with Gasteiger partial charge in [-0.15, -0.1) is 0 Å². The number of halogens is 1. The van der Waals surface area contributed by atoms with Crippen molar-refractivity contribution in [1.29, 1.82) is 0 Å². The number of amides is 1. The second-order valence-corrected chi connectivity index (χ2v) is 7.06. The highest BCUT2D eigenvalue weighted by atomic mass is 19.1. The van der Waals surface area contributed by atoms with Gasteiger partial charge in [0, 0.05) is 13.6 Å². The van der Waals surface area contributed by atoms with E-state index in [4.69, 9.17) is 4.74 Å². The number of nitrogens with zero attached hydrogens (tertiary/aromatic N) is 1. The number of hydrogen-bond acceptors (Lipinski definition) is 3. The smallest absolute Gasteiger partial charge is 0.339 e. The average Bonchev–Trinajstić information content (AvgIpc) is 3.13. The molecule has 4 rings (SSSR count). The van der Waals surface area contributed by atoms with Crippen LogP contribution in [0.1, 0.15) is 27.0 Å². The van der Waals surface area contributed by atoms with Crippen molar-refractivity contribution in [2.24, 2.45) is 0 Å². The van der Waals surface area contributed by atoms with Crippen molar-refractivity contribution in [1.82, 2.24) is 4.90 Å². The maximum atomic E-state index is 13.0. The summed E-state index contributed by atoms with van der Waals surface area (Å²) in [5, 5.41) is 2.02. The van der Waals surface area contributed by atoms with Crippen molar-refractivity contribution in [2.75, 3.05) is 13.7 Å². The minimum absolute atomic E-state index is 0.316. The van der Waals surface area contributed by atoms with E-state index in [1.54, 1.807) is 25.2 Å². The highest BCUT2D eigenvalue weighted by Gasteiger charge is 2.20. The number of carbonyl (C=O) groups excluding carboxylic acids is 2. The molecule has 0 atom stereocenters. The molecule has 0 aliphatic heterocycles. The fourth-order valence-electron chi connectivity index (χ4n) is 3.69. The van der Waals surface area contributed by atoms with E-state index in [9.17, 15) is 14.0 Å². The average molecular weight is 377 g/mol. The zero-order chi connectivity index (χ0) is 19.7. The molecule has 142 valence electrons. The van der Waals surface area contributed by atoms with Gasteiger partial charge in [0.2, 0.25) is 0 Å². The molecule has 1 amide bonds. The fourth-order valence-corrected chi connectivity index (χ4v) is 3.69. The number of ether oxygens (including phenoxy) is 1. The Morgan fingerprint density at radius 2 is 1.71 bits per heavy atom. The lowest BCUT2D eigenvalue weighted by Gasteiger charge is -2.17.